The molecule has 0 aliphatic carbocycles. The van der Waals surface area contributed by atoms with Crippen LogP contribution in [0.2, 0.25) is 0 Å². The van der Waals surface area contributed by atoms with Gasteiger partial charge in [-0.15, -0.1) is 0 Å². The topological polar surface area (TPSA) is 75.3 Å². The first kappa shape index (κ1) is 14.1. The van der Waals surface area contributed by atoms with Crippen LogP contribution < -0.4 is 11.1 Å². The summed E-state index contributed by atoms with van der Waals surface area (Å²) in [6.07, 6.45) is 0.682. The number of carbonyl (C=O) groups is 1. The fraction of sp³-hybridized carbons (Fsp3) is 0.188. The van der Waals surface area contributed by atoms with Crippen LogP contribution in [-0.2, 0) is 6.42 Å². The molecule has 0 aromatic heterocycles. The molecule has 4 N–H and O–H groups in total. The van der Waals surface area contributed by atoms with E-state index in [1.165, 1.54) is 12.1 Å². The molecule has 2 rings (SSSR count). The Morgan fingerprint density at radius 3 is 2.55 bits per heavy atom. The van der Waals surface area contributed by atoms with Crippen molar-refractivity contribution in [3.63, 3.8) is 0 Å². The summed E-state index contributed by atoms with van der Waals surface area (Å²) in [4.78, 5) is 12.1. The Hall–Kier alpha value is -2.33. The molecule has 4 nitrogen and oxygen atoms in total. The number of nitrogens with two attached hydrogens (primary N) is 1. The van der Waals surface area contributed by atoms with E-state index in [0.717, 1.165) is 5.56 Å². The van der Waals surface area contributed by atoms with E-state index in [-0.39, 0.29) is 17.7 Å². The molecule has 0 spiro atoms. The van der Waals surface area contributed by atoms with Crippen molar-refractivity contribution in [1.29, 1.82) is 0 Å². The largest absolute Gasteiger partial charge is 0.508 e. The predicted octanol–water partition coefficient (Wildman–Crippen LogP) is 1.69. The van der Waals surface area contributed by atoms with Crippen LogP contribution in [-0.4, -0.2) is 23.6 Å². The Bertz CT molecular complexity index is 570. The van der Waals surface area contributed by atoms with Crippen LogP contribution in [0.15, 0.2) is 54.6 Å². The molecule has 4 heteroatoms. The number of carbonyl (C=O) groups excluding carboxylic acids is 1. The Balaban J connectivity index is 2.01. The van der Waals surface area contributed by atoms with E-state index in [4.69, 9.17) is 5.73 Å². The maximum Gasteiger partial charge on any atom is 0.251 e. The maximum absolute atomic E-state index is 12.1. The van der Waals surface area contributed by atoms with Gasteiger partial charge in [0.1, 0.15) is 5.75 Å². The third kappa shape index (κ3) is 3.83. The summed E-state index contributed by atoms with van der Waals surface area (Å²) in [6, 6.07) is 16.0. The first-order valence-electron chi connectivity index (χ1n) is 6.53. The van der Waals surface area contributed by atoms with E-state index in [2.05, 4.69) is 5.32 Å². The molecule has 0 aliphatic rings. The van der Waals surface area contributed by atoms with Crippen molar-refractivity contribution in [2.24, 2.45) is 5.73 Å². The molecular formula is C16H18N2O2. The van der Waals surface area contributed by atoms with Gasteiger partial charge in [0.05, 0.1) is 0 Å². The summed E-state index contributed by atoms with van der Waals surface area (Å²) < 4.78 is 0. The first-order chi connectivity index (χ1) is 9.69. The summed E-state index contributed by atoms with van der Waals surface area (Å²) in [5.41, 5.74) is 7.26. The van der Waals surface area contributed by atoms with E-state index >= 15 is 0 Å². The number of aromatic hydroxyl groups is 1. The van der Waals surface area contributed by atoms with Crippen molar-refractivity contribution >= 4 is 5.91 Å². The third-order valence-corrected chi connectivity index (χ3v) is 3.05. The SMILES string of the molecule is NCC(Cc1ccccc1)NC(=O)c1cccc(O)c1. The lowest BCUT2D eigenvalue weighted by Gasteiger charge is -2.17. The van der Waals surface area contributed by atoms with E-state index in [1.54, 1.807) is 12.1 Å². The van der Waals surface area contributed by atoms with E-state index in [9.17, 15) is 9.90 Å². The molecular weight excluding hydrogens is 252 g/mol. The summed E-state index contributed by atoms with van der Waals surface area (Å²) >= 11 is 0. The van der Waals surface area contributed by atoms with Crippen molar-refractivity contribution < 1.29 is 9.90 Å². The fourth-order valence-corrected chi connectivity index (χ4v) is 2.01. The number of nitrogens with one attached hydrogen (secondary N) is 1. The molecule has 0 saturated heterocycles. The highest BCUT2D eigenvalue weighted by atomic mass is 16.3. The average Bonchev–Trinajstić information content (AvgIpc) is 2.47. The van der Waals surface area contributed by atoms with Crippen LogP contribution in [0.3, 0.4) is 0 Å². The molecule has 0 bridgehead atoms. The lowest BCUT2D eigenvalue weighted by molar-refractivity contribution is 0.0937. The molecule has 0 heterocycles. The Morgan fingerprint density at radius 1 is 1.15 bits per heavy atom. The second kappa shape index (κ2) is 6.73. The Kier molecular flexibility index (Phi) is 4.74. The van der Waals surface area contributed by atoms with Crippen LogP contribution in [0.1, 0.15) is 15.9 Å². The Labute approximate surface area is 118 Å². The minimum absolute atomic E-state index is 0.0741. The second-order valence-electron chi connectivity index (χ2n) is 4.65. The van der Waals surface area contributed by atoms with Gasteiger partial charge in [0.15, 0.2) is 0 Å². The molecule has 2 aromatic carbocycles. The van der Waals surface area contributed by atoms with Crippen molar-refractivity contribution in [3.05, 3.63) is 65.7 Å². The molecule has 1 atom stereocenters. The minimum atomic E-state index is -0.229. The maximum atomic E-state index is 12.1. The number of phenolic OH excluding ortho intramolecular Hbond substituents is 1. The van der Waals surface area contributed by atoms with Crippen molar-refractivity contribution in [2.75, 3.05) is 6.54 Å². The highest BCUT2D eigenvalue weighted by Gasteiger charge is 2.13. The van der Waals surface area contributed by atoms with Crippen LogP contribution >= 0.6 is 0 Å². The van der Waals surface area contributed by atoms with Crippen molar-refractivity contribution in [3.8, 4) is 5.75 Å². The second-order valence-corrected chi connectivity index (χ2v) is 4.65. The molecule has 0 fully saturated rings. The van der Waals surface area contributed by atoms with Gasteiger partial charge in [-0.25, -0.2) is 0 Å². The molecule has 0 aliphatic heterocycles. The van der Waals surface area contributed by atoms with Gasteiger partial charge < -0.3 is 16.2 Å². The molecule has 0 saturated carbocycles. The average molecular weight is 270 g/mol. The smallest absolute Gasteiger partial charge is 0.251 e. The van der Waals surface area contributed by atoms with Gasteiger partial charge in [-0.1, -0.05) is 36.4 Å². The molecule has 1 unspecified atom stereocenters. The van der Waals surface area contributed by atoms with E-state index in [1.807, 2.05) is 30.3 Å². The normalized spacial score (nSPS) is 11.8. The standard InChI is InChI=1S/C16H18N2O2/c17-11-14(9-12-5-2-1-3-6-12)18-16(20)13-7-4-8-15(19)10-13/h1-8,10,14,19H,9,11,17H2,(H,18,20). The summed E-state index contributed by atoms with van der Waals surface area (Å²) in [7, 11) is 0. The van der Waals surface area contributed by atoms with Crippen LogP contribution in [0.25, 0.3) is 0 Å². The minimum Gasteiger partial charge on any atom is -0.508 e. The number of hydrogen-bond donors (Lipinski definition) is 3. The van der Waals surface area contributed by atoms with Crippen LogP contribution in [0, 0.1) is 0 Å². The summed E-state index contributed by atoms with van der Waals surface area (Å²) in [5.74, 6) is -0.155. The van der Waals surface area contributed by atoms with E-state index < -0.39 is 0 Å². The predicted molar refractivity (Wildman–Crippen MR) is 78.6 cm³/mol. The molecule has 0 radical (unpaired) electrons. The molecule has 104 valence electrons. The number of amides is 1. The van der Waals surface area contributed by atoms with Gasteiger partial charge in [-0.2, -0.15) is 0 Å². The molecule has 1 amide bonds. The first-order valence-corrected chi connectivity index (χ1v) is 6.53. The monoisotopic (exact) mass is 270 g/mol. The quantitative estimate of drug-likeness (QED) is 0.774. The van der Waals surface area contributed by atoms with Gasteiger partial charge in [0.2, 0.25) is 0 Å². The lowest BCUT2D eigenvalue weighted by Crippen LogP contribution is -2.41. The van der Waals surface area contributed by atoms with Crippen LogP contribution in [0.5, 0.6) is 5.75 Å². The number of hydrogen-bond acceptors (Lipinski definition) is 3. The van der Waals surface area contributed by atoms with Gasteiger partial charge in [0.25, 0.3) is 5.91 Å². The number of rotatable bonds is 5. The zero-order valence-electron chi connectivity index (χ0n) is 11.1. The van der Waals surface area contributed by atoms with Crippen molar-refractivity contribution in [2.45, 2.75) is 12.5 Å². The molecule has 20 heavy (non-hydrogen) atoms. The fourth-order valence-electron chi connectivity index (χ4n) is 2.01. The number of phenols is 1. The van der Waals surface area contributed by atoms with Gasteiger partial charge >= 0.3 is 0 Å². The summed E-state index contributed by atoms with van der Waals surface area (Å²) in [6.45, 7) is 0.361. The zero-order chi connectivity index (χ0) is 14.4. The highest BCUT2D eigenvalue weighted by Crippen LogP contribution is 2.11. The van der Waals surface area contributed by atoms with Crippen LogP contribution in [0.4, 0.5) is 0 Å². The zero-order valence-corrected chi connectivity index (χ0v) is 11.1. The Morgan fingerprint density at radius 2 is 1.90 bits per heavy atom. The third-order valence-electron chi connectivity index (χ3n) is 3.05. The van der Waals surface area contributed by atoms with Gasteiger partial charge in [0, 0.05) is 18.2 Å². The summed E-state index contributed by atoms with van der Waals surface area (Å²) in [5, 5.41) is 12.3. The highest BCUT2D eigenvalue weighted by molar-refractivity contribution is 5.94. The van der Waals surface area contributed by atoms with Gasteiger partial charge in [-0.05, 0) is 30.2 Å². The van der Waals surface area contributed by atoms with E-state index in [0.29, 0.717) is 18.5 Å². The van der Waals surface area contributed by atoms with Crippen molar-refractivity contribution in [1.82, 2.24) is 5.32 Å². The molecule has 2 aromatic rings. The number of benzene rings is 2. The van der Waals surface area contributed by atoms with Gasteiger partial charge in [-0.3, -0.25) is 4.79 Å². The lowest BCUT2D eigenvalue weighted by atomic mass is 10.1.